The maximum absolute atomic E-state index is 6.03. The summed E-state index contributed by atoms with van der Waals surface area (Å²) in [5.41, 5.74) is 8.27. The second-order valence-corrected chi connectivity index (χ2v) is 4.87. The molecule has 1 aliphatic heterocycles. The molecule has 2 N–H and O–H groups in total. The predicted octanol–water partition coefficient (Wildman–Crippen LogP) is 2.12. The van der Waals surface area contributed by atoms with Gasteiger partial charge in [-0.15, -0.1) is 37.2 Å². The lowest BCUT2D eigenvalue weighted by Gasteiger charge is -2.26. The minimum atomic E-state index is 0. The summed E-state index contributed by atoms with van der Waals surface area (Å²) in [7, 11) is 0. The van der Waals surface area contributed by atoms with Gasteiger partial charge in [0.1, 0.15) is 5.69 Å². The first-order valence-electron chi connectivity index (χ1n) is 6.87. The number of pyridine rings is 1. The third-order valence-corrected chi connectivity index (χ3v) is 3.45. The smallest absolute Gasteiger partial charge is 0.134 e. The minimum absolute atomic E-state index is 0. The Hall–Kier alpha value is -1.05. The Morgan fingerprint density at radius 3 is 2.48 bits per heavy atom. The maximum atomic E-state index is 6.03. The predicted molar refractivity (Wildman–Crippen MR) is 98.9 cm³/mol. The number of hydrogen-bond acceptors (Lipinski definition) is 5. The highest BCUT2D eigenvalue weighted by molar-refractivity contribution is 5.86. The van der Waals surface area contributed by atoms with E-state index in [0.29, 0.717) is 5.69 Å². The van der Waals surface area contributed by atoms with E-state index in [1.807, 2.05) is 29.1 Å². The van der Waals surface area contributed by atoms with Crippen molar-refractivity contribution in [2.45, 2.75) is 6.54 Å². The quantitative estimate of drug-likeness (QED) is 0.877. The van der Waals surface area contributed by atoms with Gasteiger partial charge in [0.2, 0.25) is 0 Å². The monoisotopic (exact) mass is 381 g/mol. The first-order valence-corrected chi connectivity index (χ1v) is 6.87. The van der Waals surface area contributed by atoms with Crippen molar-refractivity contribution in [1.29, 1.82) is 0 Å². The fourth-order valence-electron chi connectivity index (χ4n) is 2.32. The lowest BCUT2D eigenvalue weighted by molar-refractivity contribution is 0.0360. The third kappa shape index (κ3) is 5.82. The molecule has 0 radical (unpaired) electrons. The highest BCUT2D eigenvalue weighted by atomic mass is 35.5. The highest BCUT2D eigenvalue weighted by Gasteiger charge is 2.12. The minimum Gasteiger partial charge on any atom is -0.396 e. The van der Waals surface area contributed by atoms with Gasteiger partial charge in [-0.05, 0) is 12.1 Å². The molecule has 3 heterocycles. The normalized spacial score (nSPS) is 14.3. The number of hydrogen-bond donors (Lipinski definition) is 1. The molecule has 1 saturated heterocycles. The Morgan fingerprint density at radius 1 is 1.09 bits per heavy atom. The van der Waals surface area contributed by atoms with Crippen LogP contribution in [0, 0.1) is 0 Å². The molecule has 1 fully saturated rings. The van der Waals surface area contributed by atoms with Gasteiger partial charge in [0.05, 0.1) is 31.1 Å². The summed E-state index contributed by atoms with van der Waals surface area (Å²) in [6.07, 6.45) is 3.63. The molecule has 0 saturated carbocycles. The molecule has 0 atom stereocenters. The number of halogens is 3. The molecule has 2 aromatic rings. The lowest BCUT2D eigenvalue weighted by Crippen LogP contribution is -2.38. The van der Waals surface area contributed by atoms with E-state index in [1.54, 1.807) is 6.20 Å². The van der Waals surface area contributed by atoms with Crippen molar-refractivity contribution in [3.63, 3.8) is 0 Å². The van der Waals surface area contributed by atoms with Gasteiger partial charge in [0.25, 0.3) is 0 Å². The van der Waals surface area contributed by atoms with Crippen molar-refractivity contribution < 1.29 is 4.74 Å². The van der Waals surface area contributed by atoms with Crippen molar-refractivity contribution in [1.82, 2.24) is 19.7 Å². The van der Waals surface area contributed by atoms with Crippen LogP contribution in [0.5, 0.6) is 0 Å². The SMILES string of the molecule is Cl.Cl.Cl.Nc1cn(CCN2CCOCC2)nc1-c1ccccn1. The van der Waals surface area contributed by atoms with Crippen molar-refractivity contribution in [2.75, 3.05) is 38.6 Å². The van der Waals surface area contributed by atoms with E-state index in [-0.39, 0.29) is 37.2 Å². The second kappa shape index (κ2) is 10.7. The lowest BCUT2D eigenvalue weighted by atomic mass is 10.2. The van der Waals surface area contributed by atoms with Crippen LogP contribution in [0.25, 0.3) is 11.4 Å². The molecular weight excluding hydrogens is 361 g/mol. The van der Waals surface area contributed by atoms with E-state index in [1.165, 1.54) is 0 Å². The fraction of sp³-hybridized carbons (Fsp3) is 0.429. The van der Waals surface area contributed by atoms with Gasteiger partial charge >= 0.3 is 0 Å². The Labute approximate surface area is 154 Å². The van der Waals surface area contributed by atoms with Crippen LogP contribution in [0.1, 0.15) is 0 Å². The Kier molecular flexibility index (Phi) is 10.2. The number of morpholine rings is 1. The van der Waals surface area contributed by atoms with Crippen molar-refractivity contribution in [3.8, 4) is 11.4 Å². The fourth-order valence-corrected chi connectivity index (χ4v) is 2.32. The summed E-state index contributed by atoms with van der Waals surface area (Å²) in [6.45, 7) is 5.41. The zero-order valence-electron chi connectivity index (χ0n) is 12.6. The number of nitrogens with zero attached hydrogens (tertiary/aromatic N) is 4. The van der Waals surface area contributed by atoms with Gasteiger partial charge in [0.15, 0.2) is 0 Å². The van der Waals surface area contributed by atoms with Gasteiger partial charge in [-0.2, -0.15) is 5.10 Å². The van der Waals surface area contributed by atoms with Crippen LogP contribution in [-0.4, -0.2) is 52.5 Å². The Morgan fingerprint density at radius 2 is 1.83 bits per heavy atom. The van der Waals surface area contributed by atoms with Crippen LogP contribution in [0.2, 0.25) is 0 Å². The van der Waals surface area contributed by atoms with Crippen LogP contribution in [0.4, 0.5) is 5.69 Å². The van der Waals surface area contributed by atoms with Crippen molar-refractivity contribution >= 4 is 42.9 Å². The Balaban J connectivity index is 0.00000161. The highest BCUT2D eigenvalue weighted by Crippen LogP contribution is 2.21. The molecule has 9 heteroatoms. The van der Waals surface area contributed by atoms with Gasteiger partial charge in [-0.25, -0.2) is 0 Å². The summed E-state index contributed by atoms with van der Waals surface area (Å²) in [6, 6.07) is 5.74. The number of rotatable bonds is 4. The van der Waals surface area contributed by atoms with E-state index in [0.717, 1.165) is 50.8 Å². The Bertz CT molecular complexity index is 561. The summed E-state index contributed by atoms with van der Waals surface area (Å²) >= 11 is 0. The van der Waals surface area contributed by atoms with Gasteiger partial charge in [-0.1, -0.05) is 6.07 Å². The number of aromatic nitrogens is 3. The molecule has 6 nitrogen and oxygen atoms in total. The summed E-state index contributed by atoms with van der Waals surface area (Å²) < 4.78 is 7.24. The van der Waals surface area contributed by atoms with Gasteiger partial charge in [-0.3, -0.25) is 14.6 Å². The zero-order chi connectivity index (χ0) is 13.8. The van der Waals surface area contributed by atoms with E-state index in [9.17, 15) is 0 Å². The largest absolute Gasteiger partial charge is 0.396 e. The first kappa shape index (κ1) is 21.9. The topological polar surface area (TPSA) is 69.2 Å². The standard InChI is InChI=1S/C14H19N5O.3ClH/c15-12-11-19(6-5-18-7-9-20-10-8-18)17-14(12)13-3-1-2-4-16-13;;;/h1-4,11H,5-10,15H2;3*1H. The van der Waals surface area contributed by atoms with Crippen LogP contribution in [0.3, 0.4) is 0 Å². The molecule has 23 heavy (non-hydrogen) atoms. The van der Waals surface area contributed by atoms with E-state index in [4.69, 9.17) is 10.5 Å². The van der Waals surface area contributed by atoms with Crippen molar-refractivity contribution in [2.24, 2.45) is 0 Å². The van der Waals surface area contributed by atoms with Gasteiger partial charge in [0, 0.05) is 32.0 Å². The molecular formula is C14H22Cl3N5O. The number of ether oxygens (including phenoxy) is 1. The average Bonchev–Trinajstić information content (AvgIpc) is 2.88. The van der Waals surface area contributed by atoms with Crippen LogP contribution in [-0.2, 0) is 11.3 Å². The first-order chi connectivity index (χ1) is 9.83. The van der Waals surface area contributed by atoms with Gasteiger partial charge < -0.3 is 10.5 Å². The molecule has 0 aromatic carbocycles. The number of nitrogens with two attached hydrogens (primary N) is 1. The summed E-state index contributed by atoms with van der Waals surface area (Å²) in [4.78, 5) is 6.67. The van der Waals surface area contributed by atoms with Crippen LogP contribution in [0.15, 0.2) is 30.6 Å². The number of nitrogen functional groups attached to an aromatic ring is 1. The molecule has 3 rings (SSSR count). The second-order valence-electron chi connectivity index (χ2n) is 4.87. The molecule has 0 spiro atoms. The number of anilines is 1. The zero-order valence-corrected chi connectivity index (χ0v) is 15.1. The molecule has 1 aliphatic rings. The van der Waals surface area contributed by atoms with Crippen LogP contribution < -0.4 is 5.73 Å². The molecule has 0 unspecified atom stereocenters. The molecule has 0 aliphatic carbocycles. The summed E-state index contributed by atoms with van der Waals surface area (Å²) in [5.74, 6) is 0. The molecule has 0 amide bonds. The average molecular weight is 383 g/mol. The maximum Gasteiger partial charge on any atom is 0.134 e. The van der Waals surface area contributed by atoms with E-state index in [2.05, 4.69) is 15.0 Å². The third-order valence-electron chi connectivity index (χ3n) is 3.45. The van der Waals surface area contributed by atoms with Crippen molar-refractivity contribution in [3.05, 3.63) is 30.6 Å². The van der Waals surface area contributed by atoms with E-state index < -0.39 is 0 Å². The molecule has 2 aromatic heterocycles. The molecule has 130 valence electrons. The van der Waals surface area contributed by atoms with Crippen LogP contribution >= 0.6 is 37.2 Å². The summed E-state index contributed by atoms with van der Waals surface area (Å²) in [5, 5.41) is 4.54. The van der Waals surface area contributed by atoms with E-state index >= 15 is 0 Å². The molecule has 0 bridgehead atoms.